The molecule has 0 radical (unpaired) electrons. The van der Waals surface area contributed by atoms with E-state index in [1.54, 1.807) is 30.6 Å². The lowest BCUT2D eigenvalue weighted by Gasteiger charge is -2.02. The Balaban J connectivity index is 2.34. The Bertz CT molecular complexity index is 810. The topological polar surface area (TPSA) is 82.7 Å². The Kier molecular flexibility index (Phi) is 2.21. The monoisotopic (exact) mass is 237 g/mol. The van der Waals surface area contributed by atoms with Gasteiger partial charge in [-0.15, -0.1) is 0 Å². The van der Waals surface area contributed by atoms with E-state index in [2.05, 4.69) is 16.0 Å². The Labute approximate surface area is 101 Å². The lowest BCUT2D eigenvalue weighted by atomic mass is 10.0. The maximum atomic E-state index is 11.1. The van der Waals surface area contributed by atoms with E-state index in [4.69, 9.17) is 9.68 Å². The number of aromatic nitrogens is 2. The van der Waals surface area contributed by atoms with Crippen LogP contribution in [0.25, 0.3) is 22.2 Å². The predicted octanol–water partition coefficient (Wildman–Crippen LogP) is 2.05. The summed E-state index contributed by atoms with van der Waals surface area (Å²) in [5.41, 5.74) is 2.91. The molecule has 0 fully saturated rings. The van der Waals surface area contributed by atoms with E-state index in [9.17, 15) is 4.79 Å². The van der Waals surface area contributed by atoms with Crippen LogP contribution >= 0.6 is 0 Å². The Morgan fingerprint density at radius 1 is 1.39 bits per heavy atom. The molecule has 86 valence electrons. The van der Waals surface area contributed by atoms with Gasteiger partial charge in [0.1, 0.15) is 0 Å². The second-order valence-electron chi connectivity index (χ2n) is 3.76. The third-order valence-corrected chi connectivity index (χ3v) is 2.65. The molecule has 0 aliphatic heterocycles. The van der Waals surface area contributed by atoms with E-state index in [1.165, 1.54) is 0 Å². The van der Waals surface area contributed by atoms with Crippen molar-refractivity contribution in [1.29, 1.82) is 5.26 Å². The van der Waals surface area contributed by atoms with Crippen molar-refractivity contribution in [1.82, 2.24) is 9.97 Å². The normalized spacial score (nSPS) is 10.4. The average Bonchev–Trinajstić information content (AvgIpc) is 2.77. The van der Waals surface area contributed by atoms with Gasteiger partial charge in [0.15, 0.2) is 5.58 Å². The molecule has 2 aromatic heterocycles. The molecular weight excluding hydrogens is 230 g/mol. The summed E-state index contributed by atoms with van der Waals surface area (Å²) >= 11 is 0. The average molecular weight is 237 g/mol. The van der Waals surface area contributed by atoms with Gasteiger partial charge in [-0.2, -0.15) is 5.26 Å². The van der Waals surface area contributed by atoms with Crippen LogP contribution in [0.15, 0.2) is 45.9 Å². The predicted molar refractivity (Wildman–Crippen MR) is 64.8 cm³/mol. The first-order valence-corrected chi connectivity index (χ1v) is 5.25. The molecule has 2 heterocycles. The Morgan fingerprint density at radius 3 is 3.00 bits per heavy atom. The molecule has 18 heavy (non-hydrogen) atoms. The van der Waals surface area contributed by atoms with Gasteiger partial charge in [-0.3, -0.25) is 9.97 Å². The molecule has 0 amide bonds. The molecule has 0 bridgehead atoms. The minimum atomic E-state index is -0.530. The molecule has 0 saturated carbocycles. The molecule has 3 aromatic rings. The number of hydrogen-bond donors (Lipinski definition) is 1. The summed E-state index contributed by atoms with van der Waals surface area (Å²) in [6.07, 6.45) is 3.32. The second kappa shape index (κ2) is 3.86. The molecule has 1 aromatic carbocycles. The number of oxazole rings is 1. The van der Waals surface area contributed by atoms with Crippen LogP contribution in [0.5, 0.6) is 0 Å². The maximum absolute atomic E-state index is 11.1. The molecule has 0 saturated heterocycles. The lowest BCUT2D eigenvalue weighted by molar-refractivity contribution is 0.555. The minimum absolute atomic E-state index is 0.429. The zero-order valence-electron chi connectivity index (χ0n) is 9.18. The molecule has 3 rings (SSSR count). The molecule has 0 unspecified atom stereocenters. The van der Waals surface area contributed by atoms with Crippen molar-refractivity contribution in [3.63, 3.8) is 0 Å². The van der Waals surface area contributed by atoms with Gasteiger partial charge in [0.2, 0.25) is 0 Å². The van der Waals surface area contributed by atoms with Crippen LogP contribution in [-0.2, 0) is 0 Å². The quantitative estimate of drug-likeness (QED) is 0.702. The first-order valence-electron chi connectivity index (χ1n) is 5.25. The number of nitrogens with zero attached hydrogens (tertiary/aromatic N) is 2. The van der Waals surface area contributed by atoms with Crippen molar-refractivity contribution in [3.05, 3.63) is 52.8 Å². The summed E-state index contributed by atoms with van der Waals surface area (Å²) in [5.74, 6) is -0.530. The fourth-order valence-corrected chi connectivity index (χ4v) is 1.85. The van der Waals surface area contributed by atoms with Gasteiger partial charge in [0.05, 0.1) is 17.1 Å². The van der Waals surface area contributed by atoms with Crippen LogP contribution in [0.2, 0.25) is 0 Å². The van der Waals surface area contributed by atoms with E-state index < -0.39 is 5.76 Å². The van der Waals surface area contributed by atoms with Crippen molar-refractivity contribution < 1.29 is 4.42 Å². The fraction of sp³-hybridized carbons (Fsp3) is 0. The number of pyridine rings is 1. The number of benzene rings is 1. The highest BCUT2D eigenvalue weighted by Crippen LogP contribution is 2.26. The van der Waals surface area contributed by atoms with Crippen LogP contribution in [0.3, 0.4) is 0 Å². The van der Waals surface area contributed by atoms with Gasteiger partial charge >= 0.3 is 5.76 Å². The van der Waals surface area contributed by atoms with E-state index in [0.29, 0.717) is 22.2 Å². The van der Waals surface area contributed by atoms with E-state index in [0.717, 1.165) is 5.56 Å². The SMILES string of the molecule is N#Cc1cc2[nH]c(=O)oc2cc1-c1cccnc1. The van der Waals surface area contributed by atoms with Gasteiger partial charge < -0.3 is 4.42 Å². The minimum Gasteiger partial charge on any atom is -0.408 e. The highest BCUT2D eigenvalue weighted by atomic mass is 16.4. The van der Waals surface area contributed by atoms with Crippen molar-refractivity contribution in [2.45, 2.75) is 0 Å². The van der Waals surface area contributed by atoms with E-state index in [-0.39, 0.29) is 0 Å². The third-order valence-electron chi connectivity index (χ3n) is 2.65. The number of nitrogens with one attached hydrogen (secondary N) is 1. The first kappa shape index (κ1) is 10.3. The first-order chi connectivity index (χ1) is 8.78. The summed E-state index contributed by atoms with van der Waals surface area (Å²) in [4.78, 5) is 17.7. The number of rotatable bonds is 1. The van der Waals surface area contributed by atoms with E-state index in [1.807, 2.05) is 6.07 Å². The van der Waals surface area contributed by atoms with Crippen LogP contribution in [0.4, 0.5) is 0 Å². The highest BCUT2D eigenvalue weighted by molar-refractivity contribution is 5.84. The van der Waals surface area contributed by atoms with Crippen molar-refractivity contribution >= 4 is 11.1 Å². The number of aromatic amines is 1. The molecule has 5 heteroatoms. The summed E-state index contributed by atoms with van der Waals surface area (Å²) < 4.78 is 4.99. The van der Waals surface area contributed by atoms with Gasteiger partial charge in [0, 0.05) is 23.5 Å². The number of hydrogen-bond acceptors (Lipinski definition) is 4. The van der Waals surface area contributed by atoms with Gasteiger partial charge in [-0.05, 0) is 18.2 Å². The summed E-state index contributed by atoms with van der Waals surface area (Å²) in [5, 5.41) is 9.15. The smallest absolute Gasteiger partial charge is 0.408 e. The van der Waals surface area contributed by atoms with Crippen molar-refractivity contribution in [2.24, 2.45) is 0 Å². The zero-order valence-corrected chi connectivity index (χ0v) is 9.18. The zero-order chi connectivity index (χ0) is 12.5. The maximum Gasteiger partial charge on any atom is 0.417 e. The number of nitriles is 1. The fourth-order valence-electron chi connectivity index (χ4n) is 1.85. The Morgan fingerprint density at radius 2 is 2.28 bits per heavy atom. The number of fused-ring (bicyclic) bond motifs is 1. The molecule has 0 aliphatic rings. The van der Waals surface area contributed by atoms with Crippen molar-refractivity contribution in [3.8, 4) is 17.2 Å². The van der Waals surface area contributed by atoms with Crippen molar-refractivity contribution in [2.75, 3.05) is 0 Å². The Hall–Kier alpha value is -2.87. The van der Waals surface area contributed by atoms with Gasteiger partial charge in [-0.1, -0.05) is 6.07 Å². The second-order valence-corrected chi connectivity index (χ2v) is 3.76. The highest BCUT2D eigenvalue weighted by Gasteiger charge is 2.10. The number of H-pyrrole nitrogens is 1. The van der Waals surface area contributed by atoms with Gasteiger partial charge in [-0.25, -0.2) is 4.79 Å². The molecule has 1 N–H and O–H groups in total. The summed E-state index contributed by atoms with van der Waals surface area (Å²) in [6, 6.07) is 9.01. The largest absolute Gasteiger partial charge is 0.417 e. The van der Waals surface area contributed by atoms with Crippen LogP contribution in [0.1, 0.15) is 5.56 Å². The van der Waals surface area contributed by atoms with Crippen LogP contribution < -0.4 is 5.76 Å². The molecule has 0 aliphatic carbocycles. The van der Waals surface area contributed by atoms with Crippen LogP contribution in [0, 0.1) is 11.3 Å². The molecule has 0 spiro atoms. The lowest BCUT2D eigenvalue weighted by Crippen LogP contribution is -1.92. The summed E-state index contributed by atoms with van der Waals surface area (Å²) in [6.45, 7) is 0. The van der Waals surface area contributed by atoms with Gasteiger partial charge in [0.25, 0.3) is 0 Å². The standard InChI is InChI=1S/C13H7N3O2/c14-6-9-4-11-12(18-13(17)16-11)5-10(9)8-2-1-3-15-7-8/h1-5,7H,(H,16,17). The molecule has 0 atom stereocenters. The van der Waals surface area contributed by atoms with Crippen LogP contribution in [-0.4, -0.2) is 9.97 Å². The summed E-state index contributed by atoms with van der Waals surface area (Å²) in [7, 11) is 0. The van der Waals surface area contributed by atoms with E-state index >= 15 is 0 Å². The molecular formula is C13H7N3O2. The third kappa shape index (κ3) is 1.57. The molecule has 5 nitrogen and oxygen atoms in total.